The molecule has 1 aromatic heterocycles. The molecule has 180 valence electrons. The number of benzene rings is 2. The summed E-state index contributed by atoms with van der Waals surface area (Å²) in [5.41, 5.74) is 0.991. The number of piperidine rings is 1. The third-order valence-corrected chi connectivity index (χ3v) is 5.86. The van der Waals surface area contributed by atoms with Gasteiger partial charge in [-0.3, -0.25) is 4.79 Å². The molecule has 2 aromatic carbocycles. The van der Waals surface area contributed by atoms with E-state index in [0.29, 0.717) is 48.6 Å². The second-order valence-corrected chi connectivity index (χ2v) is 8.22. The first-order valence-electron chi connectivity index (χ1n) is 11.1. The van der Waals surface area contributed by atoms with Crippen LogP contribution in [0.1, 0.15) is 39.9 Å². The van der Waals surface area contributed by atoms with Crippen LogP contribution in [0.4, 0.5) is 19.0 Å². The number of aromatic nitrogens is 1. The molecule has 0 radical (unpaired) electrons. The lowest BCUT2D eigenvalue weighted by Gasteiger charge is -2.33. The summed E-state index contributed by atoms with van der Waals surface area (Å²) in [6, 6.07) is 18.5. The van der Waals surface area contributed by atoms with Crippen molar-refractivity contribution in [3.05, 3.63) is 89.1 Å². The van der Waals surface area contributed by atoms with Gasteiger partial charge in [-0.25, -0.2) is 4.98 Å². The van der Waals surface area contributed by atoms with Crippen LogP contribution in [0.2, 0.25) is 0 Å². The molecule has 3 aromatic rings. The fourth-order valence-electron chi connectivity index (χ4n) is 3.91. The van der Waals surface area contributed by atoms with Crippen molar-refractivity contribution in [2.45, 2.75) is 31.7 Å². The summed E-state index contributed by atoms with van der Waals surface area (Å²) in [6.45, 7) is 1.36. The van der Waals surface area contributed by atoms with Crippen molar-refractivity contribution >= 4 is 11.7 Å². The normalized spacial score (nSPS) is 14.3. The van der Waals surface area contributed by atoms with Crippen molar-refractivity contribution < 1.29 is 22.7 Å². The minimum Gasteiger partial charge on any atom is -0.489 e. The summed E-state index contributed by atoms with van der Waals surface area (Å²) in [4.78, 5) is 18.6. The maximum atomic E-state index is 12.8. The van der Waals surface area contributed by atoms with Crippen LogP contribution >= 0.6 is 0 Å². The average molecular weight is 480 g/mol. The molecule has 6 nitrogen and oxygen atoms in total. The zero-order valence-corrected chi connectivity index (χ0v) is 18.8. The number of carbonyl (C=O) groups is 1. The average Bonchev–Trinajstić information content (AvgIpc) is 2.88. The van der Waals surface area contributed by atoms with Gasteiger partial charge in [-0.15, -0.1) is 0 Å². The maximum Gasteiger partial charge on any atom is 0.417 e. The number of hydrogen-bond donors (Lipinski definition) is 1. The summed E-state index contributed by atoms with van der Waals surface area (Å²) in [6.07, 6.45) is -2.27. The molecule has 1 aliphatic heterocycles. The van der Waals surface area contributed by atoms with E-state index in [1.165, 1.54) is 6.07 Å². The number of anilines is 1. The highest BCUT2D eigenvalue weighted by Gasteiger charge is 2.31. The lowest BCUT2D eigenvalue weighted by Crippen LogP contribution is -2.45. The van der Waals surface area contributed by atoms with Gasteiger partial charge < -0.3 is 15.0 Å². The van der Waals surface area contributed by atoms with Gasteiger partial charge in [0.15, 0.2) is 0 Å². The number of alkyl halides is 3. The maximum absolute atomic E-state index is 12.8. The van der Waals surface area contributed by atoms with Crippen LogP contribution in [-0.4, -0.2) is 30.0 Å². The number of hydrogen-bond acceptors (Lipinski definition) is 5. The molecule has 1 aliphatic rings. The van der Waals surface area contributed by atoms with Crippen molar-refractivity contribution in [1.82, 2.24) is 10.3 Å². The van der Waals surface area contributed by atoms with E-state index in [1.54, 1.807) is 36.4 Å². The van der Waals surface area contributed by atoms with Crippen LogP contribution < -0.4 is 15.0 Å². The number of carbonyl (C=O) groups excluding carboxylic acids is 1. The number of ether oxygens (including phenoxy) is 1. The molecule has 0 saturated carbocycles. The Bertz CT molecular complexity index is 1210. The fourth-order valence-corrected chi connectivity index (χ4v) is 3.91. The first kappa shape index (κ1) is 24.1. The lowest BCUT2D eigenvalue weighted by atomic mass is 10.0. The van der Waals surface area contributed by atoms with Gasteiger partial charge in [0.1, 0.15) is 18.2 Å². The van der Waals surface area contributed by atoms with E-state index in [1.807, 2.05) is 17.0 Å². The molecule has 1 N–H and O–H groups in total. The molecular weight excluding hydrogens is 457 g/mol. The van der Waals surface area contributed by atoms with Crippen molar-refractivity contribution in [2.75, 3.05) is 18.0 Å². The van der Waals surface area contributed by atoms with E-state index < -0.39 is 11.7 Å². The van der Waals surface area contributed by atoms with E-state index in [2.05, 4.69) is 16.4 Å². The van der Waals surface area contributed by atoms with Crippen molar-refractivity contribution in [1.29, 1.82) is 5.26 Å². The minimum absolute atomic E-state index is 0.0553. The number of nitrogens with one attached hydrogen (secondary N) is 1. The number of pyridine rings is 1. The van der Waals surface area contributed by atoms with E-state index in [0.717, 1.165) is 17.8 Å². The van der Waals surface area contributed by atoms with Crippen LogP contribution in [0.25, 0.3) is 0 Å². The predicted molar refractivity (Wildman–Crippen MR) is 124 cm³/mol. The highest BCUT2D eigenvalue weighted by molar-refractivity contribution is 5.94. The highest BCUT2D eigenvalue weighted by atomic mass is 19.4. The number of amides is 1. The van der Waals surface area contributed by atoms with Crippen LogP contribution in [0.5, 0.6) is 5.75 Å². The first-order chi connectivity index (χ1) is 16.8. The largest absolute Gasteiger partial charge is 0.489 e. The molecule has 35 heavy (non-hydrogen) atoms. The lowest BCUT2D eigenvalue weighted by molar-refractivity contribution is -0.137. The molecule has 0 aliphatic carbocycles. The topological polar surface area (TPSA) is 78.2 Å². The molecule has 2 heterocycles. The third kappa shape index (κ3) is 6.09. The van der Waals surface area contributed by atoms with Crippen LogP contribution in [-0.2, 0) is 12.8 Å². The Hall–Kier alpha value is -4.06. The second kappa shape index (κ2) is 10.5. The standard InChI is InChI=1S/C26H23F3N4O2/c27-26(28,29)21-8-9-24(31-16-21)33-12-10-22(11-13-33)32-25(34)18-6-3-7-23(14-18)35-17-20-5-2-1-4-19(20)15-30/h1-9,14,16,22H,10-13,17H2,(H,32,34). The number of halogens is 3. The van der Waals surface area contributed by atoms with Gasteiger partial charge in [0.05, 0.1) is 17.2 Å². The van der Waals surface area contributed by atoms with Crippen molar-refractivity contribution in [2.24, 2.45) is 0 Å². The number of rotatable bonds is 6. The van der Waals surface area contributed by atoms with Crippen LogP contribution in [0.3, 0.4) is 0 Å². The van der Waals surface area contributed by atoms with Gasteiger partial charge in [0, 0.05) is 36.5 Å². The molecule has 9 heteroatoms. The van der Waals surface area contributed by atoms with Gasteiger partial charge >= 0.3 is 6.18 Å². The van der Waals surface area contributed by atoms with Crippen molar-refractivity contribution in [3.8, 4) is 11.8 Å². The molecule has 1 fully saturated rings. The summed E-state index contributed by atoms with van der Waals surface area (Å²) in [5.74, 6) is 0.790. The highest BCUT2D eigenvalue weighted by Crippen LogP contribution is 2.30. The van der Waals surface area contributed by atoms with E-state index in [-0.39, 0.29) is 18.6 Å². The molecule has 0 spiro atoms. The van der Waals surface area contributed by atoms with Gasteiger partial charge in [0.2, 0.25) is 0 Å². The zero-order chi connectivity index (χ0) is 24.8. The van der Waals surface area contributed by atoms with E-state index in [9.17, 15) is 23.2 Å². The molecule has 0 unspecified atom stereocenters. The van der Waals surface area contributed by atoms with Gasteiger partial charge in [0.25, 0.3) is 5.91 Å². The van der Waals surface area contributed by atoms with E-state index in [4.69, 9.17) is 4.74 Å². The number of nitriles is 1. The van der Waals surface area contributed by atoms with Crippen LogP contribution in [0.15, 0.2) is 66.9 Å². The summed E-state index contributed by atoms with van der Waals surface area (Å²) in [5, 5.41) is 12.2. The SMILES string of the molecule is N#Cc1ccccc1COc1cccc(C(=O)NC2CCN(c3ccc(C(F)(F)F)cn3)CC2)c1. The van der Waals surface area contributed by atoms with Gasteiger partial charge in [-0.2, -0.15) is 18.4 Å². The monoisotopic (exact) mass is 480 g/mol. The molecule has 0 bridgehead atoms. The van der Waals surface area contributed by atoms with Gasteiger partial charge in [-0.1, -0.05) is 24.3 Å². The minimum atomic E-state index is -4.41. The Morgan fingerprint density at radius 2 is 1.89 bits per heavy atom. The van der Waals surface area contributed by atoms with Gasteiger partial charge in [-0.05, 0) is 49.2 Å². The Balaban J connectivity index is 1.30. The molecule has 0 atom stereocenters. The molecule has 1 amide bonds. The quantitative estimate of drug-likeness (QED) is 0.540. The summed E-state index contributed by atoms with van der Waals surface area (Å²) in [7, 11) is 0. The van der Waals surface area contributed by atoms with Crippen LogP contribution in [0, 0.1) is 11.3 Å². The molecular formula is C26H23F3N4O2. The zero-order valence-electron chi connectivity index (χ0n) is 18.8. The Kier molecular flexibility index (Phi) is 7.20. The second-order valence-electron chi connectivity index (χ2n) is 8.22. The Labute approximate surface area is 201 Å². The third-order valence-electron chi connectivity index (χ3n) is 5.86. The number of nitrogens with zero attached hydrogens (tertiary/aromatic N) is 3. The predicted octanol–water partition coefficient (Wildman–Crippen LogP) is 4.95. The summed E-state index contributed by atoms with van der Waals surface area (Å²) < 4.78 is 44.0. The molecule has 4 rings (SSSR count). The first-order valence-corrected chi connectivity index (χ1v) is 11.1. The Morgan fingerprint density at radius 3 is 2.57 bits per heavy atom. The smallest absolute Gasteiger partial charge is 0.417 e. The van der Waals surface area contributed by atoms with E-state index >= 15 is 0 Å². The fraction of sp³-hybridized carbons (Fsp3) is 0.269. The molecule has 1 saturated heterocycles. The van der Waals surface area contributed by atoms with Crippen molar-refractivity contribution in [3.63, 3.8) is 0 Å². The summed E-state index contributed by atoms with van der Waals surface area (Å²) >= 11 is 0. The Morgan fingerprint density at radius 1 is 1.11 bits per heavy atom.